The van der Waals surface area contributed by atoms with Gasteiger partial charge in [-0.2, -0.15) is 0 Å². The summed E-state index contributed by atoms with van der Waals surface area (Å²) in [4.78, 5) is 15.4. The van der Waals surface area contributed by atoms with Crippen molar-refractivity contribution in [1.82, 2.24) is 0 Å². The Labute approximate surface area is 77.3 Å². The molecule has 0 saturated heterocycles. The highest BCUT2D eigenvalue weighted by molar-refractivity contribution is 6.32. The summed E-state index contributed by atoms with van der Waals surface area (Å²) in [6, 6.07) is 0. The van der Waals surface area contributed by atoms with Crippen LogP contribution < -0.4 is 0 Å². The standard InChI is InChI=1S/C9H12ClNO/c1-7-4-5-8(10)9(12)3-2-6-11-7/h2-3,8H,4-6H2,1H3/b3-2-,11-7?. The van der Waals surface area contributed by atoms with Gasteiger partial charge < -0.3 is 0 Å². The van der Waals surface area contributed by atoms with Crippen LogP contribution in [0.3, 0.4) is 0 Å². The van der Waals surface area contributed by atoms with E-state index in [1.165, 1.54) is 6.08 Å². The molecule has 0 spiro atoms. The number of allylic oxidation sites excluding steroid dienone is 1. The molecule has 2 nitrogen and oxygen atoms in total. The second-order valence-electron chi connectivity index (χ2n) is 2.89. The van der Waals surface area contributed by atoms with E-state index >= 15 is 0 Å². The number of nitrogens with zero attached hydrogens (tertiary/aromatic N) is 1. The van der Waals surface area contributed by atoms with Crippen molar-refractivity contribution in [3.05, 3.63) is 12.2 Å². The van der Waals surface area contributed by atoms with E-state index in [1.807, 2.05) is 6.92 Å². The summed E-state index contributed by atoms with van der Waals surface area (Å²) in [6.45, 7) is 2.56. The minimum Gasteiger partial charge on any atom is -0.293 e. The average molecular weight is 186 g/mol. The van der Waals surface area contributed by atoms with Gasteiger partial charge in [0.05, 0.1) is 11.9 Å². The molecule has 12 heavy (non-hydrogen) atoms. The van der Waals surface area contributed by atoms with E-state index in [0.717, 1.165) is 12.1 Å². The van der Waals surface area contributed by atoms with Crippen LogP contribution in [0.5, 0.6) is 0 Å². The van der Waals surface area contributed by atoms with Gasteiger partial charge in [-0.3, -0.25) is 9.79 Å². The molecule has 0 radical (unpaired) electrons. The van der Waals surface area contributed by atoms with E-state index in [0.29, 0.717) is 13.0 Å². The van der Waals surface area contributed by atoms with E-state index in [4.69, 9.17) is 11.6 Å². The Morgan fingerprint density at radius 2 is 2.42 bits per heavy atom. The molecule has 0 aromatic heterocycles. The third kappa shape index (κ3) is 2.78. The molecule has 1 aliphatic heterocycles. The molecule has 0 aromatic carbocycles. The molecule has 0 saturated carbocycles. The molecule has 0 aromatic rings. The molecule has 1 atom stereocenters. The zero-order valence-electron chi connectivity index (χ0n) is 7.09. The first-order chi connectivity index (χ1) is 5.70. The molecule has 1 heterocycles. The third-order valence-corrected chi connectivity index (χ3v) is 2.25. The van der Waals surface area contributed by atoms with E-state index in [2.05, 4.69) is 4.99 Å². The van der Waals surface area contributed by atoms with Crippen LogP contribution in [0.4, 0.5) is 0 Å². The van der Waals surface area contributed by atoms with Gasteiger partial charge in [-0.25, -0.2) is 0 Å². The van der Waals surface area contributed by atoms with Gasteiger partial charge in [0.25, 0.3) is 0 Å². The van der Waals surface area contributed by atoms with Gasteiger partial charge in [0.15, 0.2) is 5.78 Å². The van der Waals surface area contributed by atoms with Gasteiger partial charge in [0, 0.05) is 5.71 Å². The lowest BCUT2D eigenvalue weighted by Gasteiger charge is -2.03. The number of halogens is 1. The highest BCUT2D eigenvalue weighted by atomic mass is 35.5. The van der Waals surface area contributed by atoms with Crippen molar-refractivity contribution in [1.29, 1.82) is 0 Å². The Morgan fingerprint density at radius 3 is 3.17 bits per heavy atom. The first-order valence-electron chi connectivity index (χ1n) is 4.04. The van der Waals surface area contributed by atoms with E-state index in [-0.39, 0.29) is 11.2 Å². The molecule has 66 valence electrons. The van der Waals surface area contributed by atoms with Crippen molar-refractivity contribution in [3.63, 3.8) is 0 Å². The maximum absolute atomic E-state index is 11.2. The lowest BCUT2D eigenvalue weighted by Crippen LogP contribution is -2.12. The van der Waals surface area contributed by atoms with E-state index in [9.17, 15) is 4.79 Å². The summed E-state index contributed by atoms with van der Waals surface area (Å²) < 4.78 is 0. The molecule has 0 fully saturated rings. The molecular formula is C9H12ClNO. The maximum atomic E-state index is 11.2. The predicted molar refractivity (Wildman–Crippen MR) is 51.0 cm³/mol. The zero-order chi connectivity index (χ0) is 8.97. The Bertz CT molecular complexity index is 233. The average Bonchev–Trinajstić information content (AvgIpc) is 2.11. The van der Waals surface area contributed by atoms with Crippen LogP contribution in [0.1, 0.15) is 19.8 Å². The molecule has 1 aliphatic rings. The molecular weight excluding hydrogens is 174 g/mol. The molecule has 0 aliphatic carbocycles. The SMILES string of the molecule is CC1=NC/C=C\C(=O)C(Cl)CC1. The van der Waals surface area contributed by atoms with Crippen molar-refractivity contribution in [2.75, 3.05) is 6.54 Å². The van der Waals surface area contributed by atoms with Crippen molar-refractivity contribution < 1.29 is 4.79 Å². The smallest absolute Gasteiger partial charge is 0.173 e. The summed E-state index contributed by atoms with van der Waals surface area (Å²) in [5.74, 6) is 0.00145. The van der Waals surface area contributed by atoms with Crippen molar-refractivity contribution in [2.24, 2.45) is 4.99 Å². The Kier molecular flexibility index (Phi) is 3.48. The molecule has 0 N–H and O–H groups in total. The molecule has 0 bridgehead atoms. The Hall–Kier alpha value is -0.630. The topological polar surface area (TPSA) is 29.4 Å². The lowest BCUT2D eigenvalue weighted by molar-refractivity contribution is -0.114. The van der Waals surface area contributed by atoms with E-state index < -0.39 is 0 Å². The van der Waals surface area contributed by atoms with Gasteiger partial charge in [-0.15, -0.1) is 11.6 Å². The van der Waals surface area contributed by atoms with Gasteiger partial charge in [-0.05, 0) is 25.8 Å². The fourth-order valence-electron chi connectivity index (χ4n) is 1.04. The van der Waals surface area contributed by atoms with E-state index in [1.54, 1.807) is 6.08 Å². The fourth-order valence-corrected chi connectivity index (χ4v) is 1.22. The van der Waals surface area contributed by atoms with Gasteiger partial charge >= 0.3 is 0 Å². The number of carbonyl (C=O) groups is 1. The zero-order valence-corrected chi connectivity index (χ0v) is 7.84. The minimum absolute atomic E-state index is 0.00145. The van der Waals surface area contributed by atoms with Crippen LogP contribution in [-0.4, -0.2) is 23.4 Å². The highest BCUT2D eigenvalue weighted by Gasteiger charge is 2.12. The molecule has 1 rings (SSSR count). The number of alkyl halides is 1. The van der Waals surface area contributed by atoms with Gasteiger partial charge in [0.2, 0.25) is 0 Å². The van der Waals surface area contributed by atoms with Crippen molar-refractivity contribution in [2.45, 2.75) is 25.1 Å². The number of aliphatic imine (C=N–C) groups is 1. The van der Waals surface area contributed by atoms with Gasteiger partial charge in [0.1, 0.15) is 0 Å². The second kappa shape index (κ2) is 4.41. The van der Waals surface area contributed by atoms with Crippen LogP contribution in [0.25, 0.3) is 0 Å². The first-order valence-corrected chi connectivity index (χ1v) is 4.48. The van der Waals surface area contributed by atoms with Crippen LogP contribution in [0.2, 0.25) is 0 Å². The summed E-state index contributed by atoms with van der Waals surface area (Å²) in [5.41, 5.74) is 1.07. The number of carbonyl (C=O) groups excluding carboxylic acids is 1. The van der Waals surface area contributed by atoms with Crippen LogP contribution in [-0.2, 0) is 4.79 Å². The fraction of sp³-hybridized carbons (Fsp3) is 0.556. The second-order valence-corrected chi connectivity index (χ2v) is 3.41. The third-order valence-electron chi connectivity index (χ3n) is 1.82. The van der Waals surface area contributed by atoms with Crippen LogP contribution in [0.15, 0.2) is 17.1 Å². The highest BCUT2D eigenvalue weighted by Crippen LogP contribution is 2.09. The largest absolute Gasteiger partial charge is 0.293 e. The Morgan fingerprint density at radius 1 is 1.67 bits per heavy atom. The predicted octanol–water partition coefficient (Wildman–Crippen LogP) is 1.97. The summed E-state index contributed by atoms with van der Waals surface area (Å²) in [6.07, 6.45) is 4.80. The number of ketones is 1. The minimum atomic E-state index is -0.371. The monoisotopic (exact) mass is 185 g/mol. The molecule has 0 amide bonds. The van der Waals surface area contributed by atoms with Crippen LogP contribution >= 0.6 is 11.6 Å². The lowest BCUT2D eigenvalue weighted by atomic mass is 10.1. The maximum Gasteiger partial charge on any atom is 0.173 e. The summed E-state index contributed by atoms with van der Waals surface area (Å²) in [7, 11) is 0. The summed E-state index contributed by atoms with van der Waals surface area (Å²) in [5, 5.41) is -0.371. The van der Waals surface area contributed by atoms with Crippen molar-refractivity contribution in [3.8, 4) is 0 Å². The van der Waals surface area contributed by atoms with Crippen LogP contribution in [0, 0.1) is 0 Å². The molecule has 1 unspecified atom stereocenters. The van der Waals surface area contributed by atoms with Crippen molar-refractivity contribution >= 4 is 23.1 Å². The van der Waals surface area contributed by atoms with Gasteiger partial charge in [-0.1, -0.05) is 6.08 Å². The number of rotatable bonds is 0. The molecule has 3 heteroatoms. The number of hydrogen-bond acceptors (Lipinski definition) is 2. The normalized spacial score (nSPS) is 28.3. The number of hydrogen-bond donors (Lipinski definition) is 0. The summed E-state index contributed by atoms with van der Waals surface area (Å²) >= 11 is 5.83. The Balaban J connectivity index is 2.66. The first kappa shape index (κ1) is 9.46. The quantitative estimate of drug-likeness (QED) is 0.531.